The average molecular weight is 399 g/mol. The van der Waals surface area contributed by atoms with Crippen LogP contribution in [0.4, 0.5) is 11.5 Å². The van der Waals surface area contributed by atoms with Crippen molar-refractivity contribution in [1.29, 1.82) is 0 Å². The van der Waals surface area contributed by atoms with Gasteiger partial charge in [0.25, 0.3) is 5.91 Å². The van der Waals surface area contributed by atoms with Gasteiger partial charge in [-0.25, -0.2) is 9.97 Å². The maximum absolute atomic E-state index is 12.9. The lowest BCUT2D eigenvalue weighted by Gasteiger charge is -2.36. The van der Waals surface area contributed by atoms with Gasteiger partial charge in [0.1, 0.15) is 11.5 Å². The highest BCUT2D eigenvalue weighted by molar-refractivity contribution is 5.99. The number of rotatable bonds is 3. The number of hydrogen-bond donors (Lipinski definition) is 1. The molecular formula is C23H21N5O2. The Morgan fingerprint density at radius 3 is 2.33 bits per heavy atom. The van der Waals surface area contributed by atoms with Crippen LogP contribution in [0, 0.1) is 0 Å². The quantitative estimate of drug-likeness (QED) is 0.731. The van der Waals surface area contributed by atoms with Gasteiger partial charge in [0, 0.05) is 36.4 Å². The Bertz CT molecular complexity index is 1100. The van der Waals surface area contributed by atoms with E-state index in [4.69, 9.17) is 4.98 Å². The standard InChI is InChI=1S/C23H21N5O2/c29-19-15-27(13-14-28(19)17-9-5-2-6-10-17)22-18-11-12-24-23(30)20(18)25-21(26-22)16-7-3-1-4-8-16/h1-10H,11-15H2,(H,24,30). The minimum atomic E-state index is -0.189. The second kappa shape index (κ2) is 7.59. The van der Waals surface area contributed by atoms with Gasteiger partial charge in [-0.2, -0.15) is 0 Å². The van der Waals surface area contributed by atoms with Crippen LogP contribution in [0.1, 0.15) is 16.1 Å². The first-order valence-corrected chi connectivity index (χ1v) is 10.1. The Kier molecular flexibility index (Phi) is 4.63. The third-order valence-corrected chi connectivity index (χ3v) is 5.48. The summed E-state index contributed by atoms with van der Waals surface area (Å²) in [6, 6.07) is 19.3. The molecule has 0 radical (unpaired) electrons. The van der Waals surface area contributed by atoms with E-state index >= 15 is 0 Å². The first-order valence-electron chi connectivity index (χ1n) is 10.1. The van der Waals surface area contributed by atoms with Crippen LogP contribution in [-0.4, -0.2) is 48.0 Å². The van der Waals surface area contributed by atoms with Crippen LogP contribution < -0.4 is 15.1 Å². The lowest BCUT2D eigenvalue weighted by molar-refractivity contribution is -0.117. The molecule has 7 heteroatoms. The van der Waals surface area contributed by atoms with Gasteiger partial charge < -0.3 is 15.1 Å². The number of carbonyl (C=O) groups excluding carboxylic acids is 2. The predicted octanol–water partition coefficient (Wildman–Crippen LogP) is 2.28. The fourth-order valence-electron chi connectivity index (χ4n) is 3.99. The molecule has 2 amide bonds. The summed E-state index contributed by atoms with van der Waals surface area (Å²) in [5.41, 5.74) is 2.97. The van der Waals surface area contributed by atoms with Crippen molar-refractivity contribution in [2.45, 2.75) is 6.42 Å². The summed E-state index contributed by atoms with van der Waals surface area (Å²) in [6.45, 7) is 1.97. The molecule has 2 aromatic carbocycles. The summed E-state index contributed by atoms with van der Waals surface area (Å²) >= 11 is 0. The summed E-state index contributed by atoms with van der Waals surface area (Å²) in [5, 5.41) is 2.86. The number of anilines is 2. The number of fused-ring (bicyclic) bond motifs is 1. The van der Waals surface area contributed by atoms with Crippen LogP contribution in [0.2, 0.25) is 0 Å². The maximum atomic E-state index is 12.9. The molecule has 3 aromatic rings. The van der Waals surface area contributed by atoms with E-state index in [-0.39, 0.29) is 18.4 Å². The molecule has 5 rings (SSSR count). The van der Waals surface area contributed by atoms with Crippen LogP contribution in [0.5, 0.6) is 0 Å². The average Bonchev–Trinajstić information content (AvgIpc) is 2.80. The number of aromatic nitrogens is 2. The second-order valence-corrected chi connectivity index (χ2v) is 7.37. The first kappa shape index (κ1) is 18.3. The van der Waals surface area contributed by atoms with E-state index in [9.17, 15) is 9.59 Å². The zero-order valence-electron chi connectivity index (χ0n) is 16.4. The Balaban J connectivity index is 1.52. The van der Waals surface area contributed by atoms with Crippen molar-refractivity contribution in [1.82, 2.24) is 15.3 Å². The first-order chi connectivity index (χ1) is 14.7. The van der Waals surface area contributed by atoms with Crippen molar-refractivity contribution in [3.05, 3.63) is 71.9 Å². The summed E-state index contributed by atoms with van der Waals surface area (Å²) in [5.74, 6) is 1.02. The van der Waals surface area contributed by atoms with Gasteiger partial charge in [0.05, 0.1) is 6.54 Å². The number of nitrogens with zero attached hydrogens (tertiary/aromatic N) is 4. The van der Waals surface area contributed by atoms with Gasteiger partial charge in [-0.1, -0.05) is 48.5 Å². The summed E-state index contributed by atoms with van der Waals surface area (Å²) in [4.78, 5) is 38.6. The fourth-order valence-corrected chi connectivity index (χ4v) is 3.99. The monoisotopic (exact) mass is 399 g/mol. The molecule has 1 saturated heterocycles. The smallest absolute Gasteiger partial charge is 0.270 e. The van der Waals surface area contributed by atoms with Crippen molar-refractivity contribution in [2.75, 3.05) is 36.0 Å². The SMILES string of the molecule is O=C1NCCc2c1nc(-c1ccccc1)nc2N1CCN(c2ccccc2)C(=O)C1. The van der Waals surface area contributed by atoms with Gasteiger partial charge in [-0.05, 0) is 18.6 Å². The van der Waals surface area contributed by atoms with Crippen molar-refractivity contribution in [3.8, 4) is 11.4 Å². The molecule has 150 valence electrons. The van der Waals surface area contributed by atoms with Crippen molar-refractivity contribution in [3.63, 3.8) is 0 Å². The zero-order chi connectivity index (χ0) is 20.5. The molecule has 30 heavy (non-hydrogen) atoms. The van der Waals surface area contributed by atoms with E-state index in [1.54, 1.807) is 4.90 Å². The molecular weight excluding hydrogens is 378 g/mol. The Labute approximate surface area is 174 Å². The molecule has 0 saturated carbocycles. The van der Waals surface area contributed by atoms with Crippen molar-refractivity contribution in [2.24, 2.45) is 0 Å². The van der Waals surface area contributed by atoms with E-state index in [0.717, 1.165) is 16.8 Å². The van der Waals surface area contributed by atoms with E-state index in [2.05, 4.69) is 10.3 Å². The van der Waals surface area contributed by atoms with Gasteiger partial charge in [-0.3, -0.25) is 9.59 Å². The lowest BCUT2D eigenvalue weighted by atomic mass is 10.0. The van der Waals surface area contributed by atoms with Gasteiger partial charge in [0.15, 0.2) is 5.82 Å². The molecule has 0 bridgehead atoms. The number of nitrogens with one attached hydrogen (secondary N) is 1. The fraction of sp³-hybridized carbons (Fsp3) is 0.217. The number of benzene rings is 2. The summed E-state index contributed by atoms with van der Waals surface area (Å²) in [7, 11) is 0. The molecule has 1 N–H and O–H groups in total. The Morgan fingerprint density at radius 1 is 0.867 bits per heavy atom. The zero-order valence-corrected chi connectivity index (χ0v) is 16.4. The van der Waals surface area contributed by atoms with Gasteiger partial charge in [-0.15, -0.1) is 0 Å². The van der Waals surface area contributed by atoms with Crippen molar-refractivity contribution < 1.29 is 9.59 Å². The molecule has 3 heterocycles. The number of amides is 2. The van der Waals surface area contributed by atoms with E-state index < -0.39 is 0 Å². The molecule has 0 atom stereocenters. The maximum Gasteiger partial charge on any atom is 0.270 e. The molecule has 2 aliphatic heterocycles. The van der Waals surface area contributed by atoms with Gasteiger partial charge in [0.2, 0.25) is 5.91 Å². The number of hydrogen-bond acceptors (Lipinski definition) is 5. The van der Waals surface area contributed by atoms with Crippen LogP contribution in [0.15, 0.2) is 60.7 Å². The predicted molar refractivity (Wildman–Crippen MR) is 115 cm³/mol. The largest absolute Gasteiger partial charge is 0.350 e. The third-order valence-electron chi connectivity index (χ3n) is 5.48. The molecule has 0 unspecified atom stereocenters. The molecule has 2 aliphatic rings. The minimum Gasteiger partial charge on any atom is -0.350 e. The van der Waals surface area contributed by atoms with Gasteiger partial charge >= 0.3 is 0 Å². The topological polar surface area (TPSA) is 78.4 Å². The molecule has 0 aliphatic carbocycles. The highest BCUT2D eigenvalue weighted by atomic mass is 16.2. The molecule has 1 fully saturated rings. The highest BCUT2D eigenvalue weighted by Gasteiger charge is 2.31. The summed E-state index contributed by atoms with van der Waals surface area (Å²) < 4.78 is 0. The lowest BCUT2D eigenvalue weighted by Crippen LogP contribution is -2.51. The van der Waals surface area contributed by atoms with E-state index in [1.165, 1.54) is 0 Å². The van der Waals surface area contributed by atoms with E-state index in [1.807, 2.05) is 65.6 Å². The van der Waals surface area contributed by atoms with Crippen LogP contribution in [0.3, 0.4) is 0 Å². The minimum absolute atomic E-state index is 0.0151. The molecule has 7 nitrogen and oxygen atoms in total. The highest BCUT2D eigenvalue weighted by Crippen LogP contribution is 2.29. The molecule has 0 spiro atoms. The summed E-state index contributed by atoms with van der Waals surface area (Å²) in [6.07, 6.45) is 0.651. The van der Waals surface area contributed by atoms with E-state index in [0.29, 0.717) is 43.4 Å². The van der Waals surface area contributed by atoms with Crippen LogP contribution in [0.25, 0.3) is 11.4 Å². The Morgan fingerprint density at radius 2 is 1.60 bits per heavy atom. The van der Waals surface area contributed by atoms with Crippen LogP contribution >= 0.6 is 0 Å². The normalized spacial score (nSPS) is 16.3. The van der Waals surface area contributed by atoms with Crippen LogP contribution in [-0.2, 0) is 11.2 Å². The number of para-hydroxylation sites is 1. The number of piperazine rings is 1. The number of carbonyl (C=O) groups is 2. The van der Waals surface area contributed by atoms with Crippen molar-refractivity contribution >= 4 is 23.3 Å². The second-order valence-electron chi connectivity index (χ2n) is 7.37. The molecule has 1 aromatic heterocycles. The third kappa shape index (κ3) is 3.28. The Hall–Kier alpha value is -3.74.